The second-order valence-corrected chi connectivity index (χ2v) is 6.75. The van der Waals surface area contributed by atoms with Crippen LogP contribution in [0.4, 0.5) is 4.79 Å². The fraction of sp³-hybridized carbons (Fsp3) is 0.812. The summed E-state index contributed by atoms with van der Waals surface area (Å²) in [5.41, 5.74) is -0.465. The average molecular weight is 344 g/mol. The molecule has 0 aliphatic heterocycles. The van der Waals surface area contributed by atoms with Crippen LogP contribution in [0.5, 0.6) is 0 Å². The molecule has 0 spiro atoms. The van der Waals surface area contributed by atoms with Gasteiger partial charge in [-0.25, -0.2) is 4.79 Å². The Balaban J connectivity index is 4.43. The summed E-state index contributed by atoms with van der Waals surface area (Å²) in [5.74, 6) is -0.475. The van der Waals surface area contributed by atoms with Gasteiger partial charge < -0.3 is 26.0 Å². The van der Waals surface area contributed by atoms with Crippen LogP contribution in [0.25, 0.3) is 0 Å². The summed E-state index contributed by atoms with van der Waals surface area (Å²) in [6.07, 6.45) is 0.793. The Kier molecular flexibility index (Phi) is 10.0. The maximum absolute atomic E-state index is 12.1. The molecular formula is C16H32N4O4. The van der Waals surface area contributed by atoms with Crippen molar-refractivity contribution in [2.75, 3.05) is 26.7 Å². The Labute approximate surface area is 144 Å². The zero-order chi connectivity index (χ0) is 18.8. The van der Waals surface area contributed by atoms with E-state index in [0.717, 1.165) is 0 Å². The third-order valence-electron chi connectivity index (χ3n) is 3.53. The van der Waals surface area contributed by atoms with Crippen LogP contribution in [0.15, 0.2) is 0 Å². The van der Waals surface area contributed by atoms with Gasteiger partial charge in [-0.1, -0.05) is 0 Å². The largest absolute Gasteiger partial charge is 0.465 e. The fourth-order valence-electron chi connectivity index (χ4n) is 2.28. The third kappa shape index (κ3) is 9.34. The summed E-state index contributed by atoms with van der Waals surface area (Å²) >= 11 is 0. The Morgan fingerprint density at radius 1 is 1.12 bits per heavy atom. The molecule has 0 aliphatic carbocycles. The predicted molar refractivity (Wildman–Crippen MR) is 92.9 cm³/mol. The number of rotatable bonds is 10. The van der Waals surface area contributed by atoms with Crippen LogP contribution >= 0.6 is 0 Å². The zero-order valence-corrected chi connectivity index (χ0v) is 15.4. The lowest BCUT2D eigenvalue weighted by Gasteiger charge is -2.33. The number of carbonyl (C=O) groups excluding carboxylic acids is 2. The van der Waals surface area contributed by atoms with Gasteiger partial charge in [-0.05, 0) is 47.1 Å². The first-order valence-electron chi connectivity index (χ1n) is 8.29. The highest BCUT2D eigenvalue weighted by molar-refractivity contribution is 5.86. The quantitative estimate of drug-likeness (QED) is 0.438. The first-order valence-corrected chi connectivity index (χ1v) is 8.29. The van der Waals surface area contributed by atoms with E-state index in [4.69, 9.17) is 0 Å². The first kappa shape index (κ1) is 22.2. The normalized spacial score (nSPS) is 12.4. The van der Waals surface area contributed by atoms with Crippen molar-refractivity contribution in [1.29, 1.82) is 0 Å². The lowest BCUT2D eigenvalue weighted by Crippen LogP contribution is -2.47. The Hall–Kier alpha value is -1.83. The summed E-state index contributed by atoms with van der Waals surface area (Å²) in [6, 6.07) is -0.590. The second-order valence-electron chi connectivity index (χ2n) is 6.75. The smallest absolute Gasteiger partial charge is 0.407 e. The van der Waals surface area contributed by atoms with Crippen molar-refractivity contribution in [3.63, 3.8) is 0 Å². The number of carboxylic acid groups (broad SMARTS) is 1. The molecule has 1 atom stereocenters. The van der Waals surface area contributed by atoms with Crippen molar-refractivity contribution in [2.45, 2.75) is 58.5 Å². The van der Waals surface area contributed by atoms with Crippen molar-refractivity contribution < 1.29 is 19.5 Å². The molecule has 8 heteroatoms. The van der Waals surface area contributed by atoms with E-state index < -0.39 is 17.7 Å². The number of carbonyl (C=O) groups is 3. The molecule has 3 amide bonds. The Bertz CT molecular complexity index is 421. The molecular weight excluding hydrogens is 312 g/mol. The number of nitrogens with one attached hydrogen (secondary N) is 3. The van der Waals surface area contributed by atoms with Gasteiger partial charge in [-0.15, -0.1) is 0 Å². The highest BCUT2D eigenvalue weighted by Gasteiger charge is 2.25. The number of unbranched alkanes of at least 4 members (excludes halogenated alkanes) is 1. The summed E-state index contributed by atoms with van der Waals surface area (Å²) in [5, 5.41) is 17.6. The second kappa shape index (κ2) is 10.9. The number of likely N-dealkylation sites (N-methyl/N-ethyl adjacent to an activating group) is 1. The van der Waals surface area contributed by atoms with E-state index in [1.165, 1.54) is 11.8 Å². The fourth-order valence-corrected chi connectivity index (χ4v) is 2.28. The molecule has 8 nitrogen and oxygen atoms in total. The van der Waals surface area contributed by atoms with Gasteiger partial charge in [0.05, 0.1) is 0 Å². The molecule has 0 fully saturated rings. The van der Waals surface area contributed by atoms with Gasteiger partial charge in [0.1, 0.15) is 6.04 Å². The average Bonchev–Trinajstić information content (AvgIpc) is 2.43. The van der Waals surface area contributed by atoms with E-state index in [9.17, 15) is 19.5 Å². The van der Waals surface area contributed by atoms with Crippen LogP contribution in [-0.4, -0.2) is 66.2 Å². The molecule has 0 aromatic rings. The highest BCUT2D eigenvalue weighted by Crippen LogP contribution is 2.15. The van der Waals surface area contributed by atoms with Crippen molar-refractivity contribution in [2.24, 2.45) is 0 Å². The van der Waals surface area contributed by atoms with E-state index >= 15 is 0 Å². The molecule has 140 valence electrons. The predicted octanol–water partition coefficient (Wildman–Crippen LogP) is 0.776. The zero-order valence-electron chi connectivity index (χ0n) is 15.4. The van der Waals surface area contributed by atoms with Gasteiger partial charge in [0, 0.05) is 32.1 Å². The van der Waals surface area contributed by atoms with Crippen LogP contribution in [0.2, 0.25) is 0 Å². The lowest BCUT2D eigenvalue weighted by molar-refractivity contribution is -0.128. The molecule has 0 heterocycles. The van der Waals surface area contributed by atoms with E-state index in [2.05, 4.69) is 16.0 Å². The molecule has 0 saturated heterocycles. The van der Waals surface area contributed by atoms with Gasteiger partial charge in [0.15, 0.2) is 0 Å². The van der Waals surface area contributed by atoms with Crippen molar-refractivity contribution in [3.8, 4) is 0 Å². The number of nitrogens with zero attached hydrogens (tertiary/aromatic N) is 1. The number of hydrogen-bond acceptors (Lipinski definition) is 4. The molecule has 0 saturated carbocycles. The molecule has 0 bridgehead atoms. The van der Waals surface area contributed by atoms with E-state index in [0.29, 0.717) is 38.9 Å². The highest BCUT2D eigenvalue weighted by atomic mass is 16.4. The third-order valence-corrected chi connectivity index (χ3v) is 3.53. The maximum atomic E-state index is 12.1. The number of hydrogen-bond donors (Lipinski definition) is 4. The Morgan fingerprint density at radius 2 is 1.75 bits per heavy atom. The Morgan fingerprint density at radius 3 is 2.21 bits per heavy atom. The molecule has 0 unspecified atom stereocenters. The van der Waals surface area contributed by atoms with E-state index in [1.54, 1.807) is 7.05 Å². The number of amides is 3. The maximum Gasteiger partial charge on any atom is 0.407 e. The SMILES string of the molecule is CNCCNC(=O)[C@H](CCCCN(C(=O)O)C(C)(C)C)NC(C)=O. The standard InChI is InChI=1S/C16H32N4O4/c1-12(21)19-13(14(22)18-10-9-17-5)8-6-7-11-20(15(23)24)16(2,3)4/h13,17H,6-11H2,1-5H3,(H,18,22)(H,19,21)(H,23,24)/t13-/m0/s1. The summed E-state index contributed by atoms with van der Waals surface area (Å²) in [7, 11) is 1.79. The summed E-state index contributed by atoms with van der Waals surface area (Å²) < 4.78 is 0. The molecule has 0 aromatic carbocycles. The molecule has 0 aliphatic rings. The summed E-state index contributed by atoms with van der Waals surface area (Å²) in [6.45, 7) is 8.44. The van der Waals surface area contributed by atoms with Gasteiger partial charge >= 0.3 is 6.09 Å². The topological polar surface area (TPSA) is 111 Å². The minimum Gasteiger partial charge on any atom is -0.465 e. The van der Waals surface area contributed by atoms with Crippen LogP contribution in [0.1, 0.15) is 47.0 Å². The molecule has 24 heavy (non-hydrogen) atoms. The van der Waals surface area contributed by atoms with Gasteiger partial charge in [0.25, 0.3) is 0 Å². The van der Waals surface area contributed by atoms with Crippen LogP contribution in [0.3, 0.4) is 0 Å². The molecule has 0 rings (SSSR count). The molecule has 0 aromatic heterocycles. The molecule has 4 N–H and O–H groups in total. The van der Waals surface area contributed by atoms with Crippen LogP contribution in [0, 0.1) is 0 Å². The lowest BCUT2D eigenvalue weighted by atomic mass is 10.0. The van der Waals surface area contributed by atoms with Crippen molar-refractivity contribution >= 4 is 17.9 Å². The minimum absolute atomic E-state index is 0.216. The monoisotopic (exact) mass is 344 g/mol. The van der Waals surface area contributed by atoms with Gasteiger partial charge in [0.2, 0.25) is 11.8 Å². The molecule has 0 radical (unpaired) electrons. The van der Waals surface area contributed by atoms with E-state index in [1.807, 2.05) is 20.8 Å². The van der Waals surface area contributed by atoms with Gasteiger partial charge in [-0.3, -0.25) is 9.59 Å². The van der Waals surface area contributed by atoms with Crippen molar-refractivity contribution in [1.82, 2.24) is 20.9 Å². The minimum atomic E-state index is -0.953. The summed E-state index contributed by atoms with van der Waals surface area (Å²) in [4.78, 5) is 36.0. The first-order chi connectivity index (χ1) is 11.1. The van der Waals surface area contributed by atoms with Crippen LogP contribution in [-0.2, 0) is 9.59 Å². The van der Waals surface area contributed by atoms with Crippen LogP contribution < -0.4 is 16.0 Å². The van der Waals surface area contributed by atoms with Gasteiger partial charge in [-0.2, -0.15) is 0 Å². The van der Waals surface area contributed by atoms with E-state index in [-0.39, 0.29) is 11.8 Å². The van der Waals surface area contributed by atoms with Crippen molar-refractivity contribution in [3.05, 3.63) is 0 Å².